The van der Waals surface area contributed by atoms with Gasteiger partial charge in [0.15, 0.2) is 11.5 Å². The zero-order valence-electron chi connectivity index (χ0n) is 9.15. The van der Waals surface area contributed by atoms with Gasteiger partial charge in [0.05, 0.1) is 0 Å². The number of nitrogens with two attached hydrogens (primary N) is 2. The van der Waals surface area contributed by atoms with Gasteiger partial charge in [0.2, 0.25) is 5.95 Å². The van der Waals surface area contributed by atoms with E-state index in [4.69, 9.17) is 11.5 Å². The van der Waals surface area contributed by atoms with Crippen LogP contribution in [0.2, 0.25) is 0 Å². The van der Waals surface area contributed by atoms with Crippen LogP contribution in [0.1, 0.15) is 6.42 Å². The Morgan fingerprint density at radius 3 is 2.94 bits per heavy atom. The van der Waals surface area contributed by atoms with Crippen LogP contribution in [0.5, 0.6) is 0 Å². The van der Waals surface area contributed by atoms with Gasteiger partial charge in [-0.25, -0.2) is 9.50 Å². The lowest BCUT2D eigenvalue weighted by Gasteiger charge is -2.16. The van der Waals surface area contributed by atoms with Gasteiger partial charge in [-0.2, -0.15) is 4.98 Å². The molecule has 1 atom stereocenters. The zero-order chi connectivity index (χ0) is 11.1. The van der Waals surface area contributed by atoms with Crippen LogP contribution in [0.4, 0.5) is 11.8 Å². The Hall–Kier alpha value is -1.60. The van der Waals surface area contributed by atoms with E-state index in [2.05, 4.69) is 20.0 Å². The van der Waals surface area contributed by atoms with Gasteiger partial charge in [0.1, 0.15) is 0 Å². The number of rotatable bonds is 1. The van der Waals surface area contributed by atoms with Gasteiger partial charge in [-0.3, -0.25) is 0 Å². The molecule has 0 saturated carbocycles. The van der Waals surface area contributed by atoms with Crippen LogP contribution in [0.3, 0.4) is 0 Å². The molecule has 17 heavy (non-hydrogen) atoms. The number of halogens is 1. The first-order valence-corrected chi connectivity index (χ1v) is 5.21. The summed E-state index contributed by atoms with van der Waals surface area (Å²) in [5, 5.41) is 4.05. The van der Waals surface area contributed by atoms with Crippen LogP contribution in [-0.2, 0) is 0 Å². The predicted octanol–water partition coefficient (Wildman–Crippen LogP) is -0.334. The minimum absolute atomic E-state index is 0. The molecule has 0 bridgehead atoms. The summed E-state index contributed by atoms with van der Waals surface area (Å²) in [6, 6.07) is 0.210. The quantitative estimate of drug-likeness (QED) is 0.724. The highest BCUT2D eigenvalue weighted by atomic mass is 35.5. The van der Waals surface area contributed by atoms with Crippen LogP contribution < -0.4 is 16.4 Å². The summed E-state index contributed by atoms with van der Waals surface area (Å²) in [5.74, 6) is 1.07. The van der Waals surface area contributed by atoms with Crippen molar-refractivity contribution in [2.45, 2.75) is 12.5 Å². The maximum atomic E-state index is 5.87. The molecule has 7 nitrogen and oxygen atoms in total. The fraction of sp³-hybridized carbons (Fsp3) is 0.444. The number of hydrogen-bond donors (Lipinski definition) is 2. The number of aromatic nitrogens is 4. The molecule has 3 heterocycles. The van der Waals surface area contributed by atoms with E-state index in [-0.39, 0.29) is 24.4 Å². The molecule has 1 aliphatic heterocycles. The molecule has 0 aliphatic carbocycles. The molecule has 1 fully saturated rings. The molecule has 1 aliphatic rings. The largest absolute Gasteiger partial charge is 0.366 e. The van der Waals surface area contributed by atoms with Crippen molar-refractivity contribution >= 4 is 29.8 Å². The second-order valence-corrected chi connectivity index (χ2v) is 3.98. The molecule has 0 amide bonds. The first-order valence-electron chi connectivity index (χ1n) is 5.21. The van der Waals surface area contributed by atoms with Crippen molar-refractivity contribution in [1.82, 2.24) is 19.6 Å². The van der Waals surface area contributed by atoms with Crippen LogP contribution in [0, 0.1) is 0 Å². The highest BCUT2D eigenvalue weighted by molar-refractivity contribution is 5.85. The number of nitrogen functional groups attached to an aromatic ring is 1. The molecular weight excluding hydrogens is 242 g/mol. The third kappa shape index (κ3) is 1.98. The summed E-state index contributed by atoms with van der Waals surface area (Å²) in [7, 11) is 0. The van der Waals surface area contributed by atoms with E-state index in [0.717, 1.165) is 25.3 Å². The van der Waals surface area contributed by atoms with Gasteiger partial charge in [0.25, 0.3) is 0 Å². The Bertz CT molecular complexity index is 525. The molecular formula is C9H14ClN7. The number of fused-ring (bicyclic) bond motifs is 1. The maximum Gasteiger partial charge on any atom is 0.240 e. The highest BCUT2D eigenvalue weighted by Crippen LogP contribution is 2.21. The van der Waals surface area contributed by atoms with E-state index in [1.165, 1.54) is 0 Å². The van der Waals surface area contributed by atoms with Crippen LogP contribution in [0.25, 0.3) is 5.65 Å². The Labute approximate surface area is 104 Å². The van der Waals surface area contributed by atoms with Crippen LogP contribution in [0.15, 0.2) is 12.4 Å². The molecule has 0 spiro atoms. The third-order valence-electron chi connectivity index (χ3n) is 2.78. The Morgan fingerprint density at radius 1 is 1.41 bits per heavy atom. The SMILES string of the molecule is Cl.Nc1nc2c(N3CC[C@@H](N)C3)nccn2n1. The smallest absolute Gasteiger partial charge is 0.240 e. The predicted molar refractivity (Wildman–Crippen MR) is 67.2 cm³/mol. The number of hydrogen-bond acceptors (Lipinski definition) is 6. The molecule has 1 saturated heterocycles. The van der Waals surface area contributed by atoms with Gasteiger partial charge < -0.3 is 16.4 Å². The monoisotopic (exact) mass is 255 g/mol. The lowest BCUT2D eigenvalue weighted by Crippen LogP contribution is -2.27. The first-order chi connectivity index (χ1) is 7.74. The normalized spacial score (nSPS) is 19.6. The van der Waals surface area contributed by atoms with Crippen LogP contribution >= 0.6 is 12.4 Å². The molecule has 4 N–H and O–H groups in total. The van der Waals surface area contributed by atoms with E-state index < -0.39 is 0 Å². The van der Waals surface area contributed by atoms with E-state index in [1.54, 1.807) is 16.9 Å². The molecule has 3 rings (SSSR count). The number of nitrogens with zero attached hydrogens (tertiary/aromatic N) is 5. The van der Waals surface area contributed by atoms with Crippen molar-refractivity contribution in [1.29, 1.82) is 0 Å². The van der Waals surface area contributed by atoms with Crippen molar-refractivity contribution in [3.8, 4) is 0 Å². The summed E-state index contributed by atoms with van der Waals surface area (Å²) < 4.78 is 1.64. The van der Waals surface area contributed by atoms with Crippen molar-refractivity contribution in [3.63, 3.8) is 0 Å². The van der Waals surface area contributed by atoms with Gasteiger partial charge in [-0.15, -0.1) is 17.5 Å². The maximum absolute atomic E-state index is 5.87. The molecule has 0 radical (unpaired) electrons. The molecule has 0 aromatic carbocycles. The molecule has 2 aromatic heterocycles. The summed E-state index contributed by atoms with van der Waals surface area (Å²) >= 11 is 0. The second kappa shape index (κ2) is 4.34. The van der Waals surface area contributed by atoms with E-state index in [0.29, 0.717) is 5.65 Å². The van der Waals surface area contributed by atoms with Crippen molar-refractivity contribution in [2.75, 3.05) is 23.7 Å². The zero-order valence-corrected chi connectivity index (χ0v) is 9.97. The summed E-state index contributed by atoms with van der Waals surface area (Å²) in [5.41, 5.74) is 12.1. The lowest BCUT2D eigenvalue weighted by atomic mass is 10.3. The third-order valence-corrected chi connectivity index (χ3v) is 2.78. The lowest BCUT2D eigenvalue weighted by molar-refractivity contribution is 0.751. The standard InChI is InChI=1S/C9H13N7.ClH/c10-6-1-3-15(5-6)7-8-13-9(11)14-16(8)4-2-12-7;/h2,4,6H,1,3,5,10H2,(H2,11,14);1H/t6-;/m1./s1. The van der Waals surface area contributed by atoms with Gasteiger partial charge in [0, 0.05) is 31.5 Å². The van der Waals surface area contributed by atoms with Crippen LogP contribution in [-0.4, -0.2) is 38.7 Å². The minimum Gasteiger partial charge on any atom is -0.366 e. The van der Waals surface area contributed by atoms with Gasteiger partial charge in [-0.05, 0) is 6.42 Å². The Kier molecular flexibility index (Phi) is 3.03. The average Bonchev–Trinajstić information content (AvgIpc) is 2.82. The van der Waals surface area contributed by atoms with Gasteiger partial charge in [-0.1, -0.05) is 0 Å². The van der Waals surface area contributed by atoms with Crippen molar-refractivity contribution in [2.24, 2.45) is 5.73 Å². The summed E-state index contributed by atoms with van der Waals surface area (Å²) in [6.45, 7) is 1.71. The highest BCUT2D eigenvalue weighted by Gasteiger charge is 2.23. The van der Waals surface area contributed by atoms with E-state index >= 15 is 0 Å². The van der Waals surface area contributed by atoms with E-state index in [9.17, 15) is 0 Å². The summed E-state index contributed by atoms with van der Waals surface area (Å²) in [4.78, 5) is 10.6. The number of anilines is 2. The van der Waals surface area contributed by atoms with Crippen molar-refractivity contribution in [3.05, 3.63) is 12.4 Å². The Morgan fingerprint density at radius 2 is 2.24 bits per heavy atom. The molecule has 2 aromatic rings. The fourth-order valence-corrected chi connectivity index (χ4v) is 2.02. The van der Waals surface area contributed by atoms with Crippen molar-refractivity contribution < 1.29 is 0 Å². The molecule has 8 heteroatoms. The first kappa shape index (κ1) is 11.9. The molecule has 92 valence electrons. The average molecular weight is 256 g/mol. The topological polar surface area (TPSA) is 98.4 Å². The minimum atomic E-state index is 0. The molecule has 0 unspecified atom stereocenters. The summed E-state index contributed by atoms with van der Waals surface area (Å²) in [6.07, 6.45) is 4.41. The van der Waals surface area contributed by atoms with E-state index in [1.807, 2.05) is 0 Å². The Balaban J connectivity index is 0.00000108. The fourth-order valence-electron chi connectivity index (χ4n) is 2.02. The second-order valence-electron chi connectivity index (χ2n) is 3.98. The van der Waals surface area contributed by atoms with Gasteiger partial charge >= 0.3 is 0 Å².